The molecule has 6 aromatic rings. The Morgan fingerprint density at radius 2 is 1.92 bits per heavy atom. The summed E-state index contributed by atoms with van der Waals surface area (Å²) in [6.45, 7) is 3.46. The van der Waals surface area contributed by atoms with E-state index in [1.807, 2.05) is 59.1 Å². The van der Waals surface area contributed by atoms with E-state index < -0.39 is 0 Å². The van der Waals surface area contributed by atoms with Crippen LogP contribution >= 0.6 is 11.3 Å². The third-order valence-electron chi connectivity index (χ3n) is 7.28. The SMILES string of the molecule is O=C(NCCN1CCCC1)c1c(=O)c2ccc(-c3ccc4[nH]ccc4c3)nc2n2c1sc1ccccc12. The van der Waals surface area contributed by atoms with Crippen molar-refractivity contribution < 1.29 is 4.79 Å². The first kappa shape index (κ1) is 22.2. The maximum absolute atomic E-state index is 13.7. The van der Waals surface area contributed by atoms with Gasteiger partial charge in [0.15, 0.2) is 0 Å². The summed E-state index contributed by atoms with van der Waals surface area (Å²) in [4.78, 5) is 38.3. The van der Waals surface area contributed by atoms with Gasteiger partial charge in [0.25, 0.3) is 5.91 Å². The number of thiazole rings is 1. The van der Waals surface area contributed by atoms with Gasteiger partial charge in [0.05, 0.1) is 21.3 Å². The Kier molecular flexibility index (Phi) is 5.30. The number of para-hydroxylation sites is 1. The summed E-state index contributed by atoms with van der Waals surface area (Å²) in [5.41, 5.74) is 4.23. The molecule has 1 aliphatic rings. The van der Waals surface area contributed by atoms with Crippen molar-refractivity contribution in [2.45, 2.75) is 12.8 Å². The van der Waals surface area contributed by atoms with Crippen molar-refractivity contribution in [1.29, 1.82) is 0 Å². The largest absolute Gasteiger partial charge is 0.361 e. The smallest absolute Gasteiger partial charge is 0.258 e. The molecule has 8 heteroatoms. The second-order valence-corrected chi connectivity index (χ2v) is 10.6. The molecule has 2 aromatic carbocycles. The minimum Gasteiger partial charge on any atom is -0.361 e. The summed E-state index contributed by atoms with van der Waals surface area (Å²) in [7, 11) is 0. The number of hydrogen-bond donors (Lipinski definition) is 2. The van der Waals surface area contributed by atoms with Crippen LogP contribution in [0.25, 0.3) is 48.2 Å². The maximum atomic E-state index is 13.7. The van der Waals surface area contributed by atoms with Crippen molar-refractivity contribution in [3.05, 3.63) is 82.6 Å². The van der Waals surface area contributed by atoms with Gasteiger partial charge in [0, 0.05) is 35.8 Å². The molecule has 1 amide bonds. The predicted octanol–water partition coefficient (Wildman–Crippen LogP) is 5.04. The number of aromatic amines is 1. The fourth-order valence-electron chi connectivity index (χ4n) is 5.38. The fraction of sp³-hybridized carbons (Fsp3) is 0.207. The third-order valence-corrected chi connectivity index (χ3v) is 8.42. The van der Waals surface area contributed by atoms with Crippen LogP contribution in [-0.2, 0) is 0 Å². The van der Waals surface area contributed by atoms with Crippen LogP contribution in [-0.4, -0.2) is 51.4 Å². The molecule has 5 heterocycles. The molecule has 184 valence electrons. The third kappa shape index (κ3) is 3.72. The Morgan fingerprint density at radius 3 is 2.81 bits per heavy atom. The second kappa shape index (κ2) is 8.83. The molecule has 1 fully saturated rings. The van der Waals surface area contributed by atoms with Crippen LogP contribution in [0.5, 0.6) is 0 Å². The number of likely N-dealkylation sites (tertiary alicyclic amines) is 1. The number of nitrogens with one attached hydrogen (secondary N) is 2. The lowest BCUT2D eigenvalue weighted by atomic mass is 10.1. The second-order valence-electron chi connectivity index (χ2n) is 9.57. The molecule has 0 spiro atoms. The summed E-state index contributed by atoms with van der Waals surface area (Å²) in [6.07, 6.45) is 4.33. The minimum atomic E-state index is -0.322. The van der Waals surface area contributed by atoms with Gasteiger partial charge in [-0.1, -0.05) is 18.2 Å². The van der Waals surface area contributed by atoms with Crippen LogP contribution in [0.2, 0.25) is 0 Å². The molecular weight excluding hydrogens is 482 g/mol. The molecule has 7 rings (SSSR count). The van der Waals surface area contributed by atoms with Gasteiger partial charge in [-0.3, -0.25) is 14.0 Å². The molecule has 1 aliphatic heterocycles. The van der Waals surface area contributed by atoms with E-state index in [1.54, 1.807) is 6.07 Å². The van der Waals surface area contributed by atoms with Crippen molar-refractivity contribution in [3.8, 4) is 11.3 Å². The molecule has 0 aliphatic carbocycles. The number of carbonyl (C=O) groups is 1. The maximum Gasteiger partial charge on any atom is 0.258 e. The Labute approximate surface area is 216 Å². The topological polar surface area (TPSA) is 82.5 Å². The van der Waals surface area contributed by atoms with E-state index in [0.717, 1.165) is 52.0 Å². The molecule has 4 aromatic heterocycles. The number of H-pyrrole nitrogens is 1. The molecule has 7 nitrogen and oxygen atoms in total. The van der Waals surface area contributed by atoms with Gasteiger partial charge in [-0.25, -0.2) is 4.98 Å². The highest BCUT2D eigenvalue weighted by atomic mass is 32.1. The van der Waals surface area contributed by atoms with E-state index in [2.05, 4.69) is 21.3 Å². The van der Waals surface area contributed by atoms with Gasteiger partial charge in [-0.2, -0.15) is 0 Å². The molecule has 0 bridgehead atoms. The molecular formula is C29H25N5O2S. The zero-order chi connectivity index (χ0) is 24.9. The summed E-state index contributed by atoms with van der Waals surface area (Å²) >= 11 is 1.46. The van der Waals surface area contributed by atoms with Crippen molar-refractivity contribution in [1.82, 2.24) is 24.6 Å². The summed E-state index contributed by atoms with van der Waals surface area (Å²) < 4.78 is 2.98. The highest BCUT2D eigenvalue weighted by Crippen LogP contribution is 2.32. The number of carbonyl (C=O) groups excluding carboxylic acids is 1. The standard InChI is InChI=1S/C29H25N5O2S/c35-26-20-8-10-22(18-7-9-21-19(17-18)11-12-30-21)32-27(20)34-23-5-1-2-6-24(23)37-29(34)25(26)28(36)31-13-16-33-14-3-4-15-33/h1-2,5-12,17,30H,3-4,13-16H2,(H,31,36). The Morgan fingerprint density at radius 1 is 1.05 bits per heavy atom. The van der Waals surface area contributed by atoms with E-state index in [9.17, 15) is 9.59 Å². The van der Waals surface area contributed by atoms with Gasteiger partial charge >= 0.3 is 0 Å². The van der Waals surface area contributed by atoms with Crippen LogP contribution in [0.1, 0.15) is 23.2 Å². The van der Waals surface area contributed by atoms with Crippen LogP contribution < -0.4 is 10.7 Å². The summed E-state index contributed by atoms with van der Waals surface area (Å²) in [5, 5.41) is 4.55. The molecule has 0 saturated carbocycles. The first-order valence-electron chi connectivity index (χ1n) is 12.6. The summed E-state index contributed by atoms with van der Waals surface area (Å²) in [6, 6.07) is 19.8. The quantitative estimate of drug-likeness (QED) is 0.343. The van der Waals surface area contributed by atoms with Gasteiger partial charge < -0.3 is 15.2 Å². The lowest BCUT2D eigenvalue weighted by Gasteiger charge is -2.15. The van der Waals surface area contributed by atoms with Crippen molar-refractivity contribution in [3.63, 3.8) is 0 Å². The number of fused-ring (bicyclic) bond motifs is 6. The van der Waals surface area contributed by atoms with Gasteiger partial charge in [-0.05, 0) is 68.4 Å². The summed E-state index contributed by atoms with van der Waals surface area (Å²) in [5.74, 6) is -0.322. The lowest BCUT2D eigenvalue weighted by molar-refractivity contribution is 0.0950. The minimum absolute atomic E-state index is 0.193. The number of benzene rings is 2. The Balaban J connectivity index is 1.39. The van der Waals surface area contributed by atoms with Gasteiger partial charge in [-0.15, -0.1) is 11.3 Å². The molecule has 0 radical (unpaired) electrons. The van der Waals surface area contributed by atoms with Crippen molar-refractivity contribution in [2.24, 2.45) is 0 Å². The normalized spacial score (nSPS) is 14.4. The zero-order valence-corrected chi connectivity index (χ0v) is 21.0. The lowest BCUT2D eigenvalue weighted by Crippen LogP contribution is -2.35. The average Bonchev–Trinajstić information content (AvgIpc) is 3.68. The number of hydrogen-bond acceptors (Lipinski definition) is 5. The molecule has 0 unspecified atom stereocenters. The average molecular weight is 508 g/mol. The van der Waals surface area contributed by atoms with E-state index in [0.29, 0.717) is 22.4 Å². The highest BCUT2D eigenvalue weighted by molar-refractivity contribution is 7.24. The van der Waals surface area contributed by atoms with Crippen LogP contribution in [0.4, 0.5) is 0 Å². The van der Waals surface area contributed by atoms with E-state index >= 15 is 0 Å². The molecule has 37 heavy (non-hydrogen) atoms. The zero-order valence-electron chi connectivity index (χ0n) is 20.2. The first-order valence-corrected chi connectivity index (χ1v) is 13.4. The van der Waals surface area contributed by atoms with Crippen LogP contribution in [0.15, 0.2) is 71.7 Å². The van der Waals surface area contributed by atoms with Crippen molar-refractivity contribution >= 4 is 54.2 Å². The first-order chi connectivity index (χ1) is 18.2. The number of aromatic nitrogens is 3. The van der Waals surface area contributed by atoms with Crippen LogP contribution in [0, 0.1) is 0 Å². The Hall–Kier alpha value is -4.01. The number of pyridine rings is 2. The molecule has 2 N–H and O–H groups in total. The fourth-order valence-corrected chi connectivity index (χ4v) is 6.57. The van der Waals surface area contributed by atoms with Crippen molar-refractivity contribution in [2.75, 3.05) is 26.2 Å². The Bertz CT molecular complexity index is 1880. The number of rotatable bonds is 5. The van der Waals surface area contributed by atoms with Gasteiger partial charge in [0.2, 0.25) is 5.43 Å². The predicted molar refractivity (Wildman–Crippen MR) is 150 cm³/mol. The van der Waals surface area contributed by atoms with Crippen LogP contribution in [0.3, 0.4) is 0 Å². The number of nitrogens with zero attached hydrogens (tertiary/aromatic N) is 3. The van der Waals surface area contributed by atoms with Gasteiger partial charge in [0.1, 0.15) is 16.0 Å². The monoisotopic (exact) mass is 507 g/mol. The number of amides is 1. The van der Waals surface area contributed by atoms with E-state index in [-0.39, 0.29) is 16.9 Å². The van der Waals surface area contributed by atoms with E-state index in [1.165, 1.54) is 24.2 Å². The van der Waals surface area contributed by atoms with E-state index in [4.69, 9.17) is 4.98 Å². The highest BCUT2D eigenvalue weighted by Gasteiger charge is 2.23. The molecule has 0 atom stereocenters. The molecule has 1 saturated heterocycles.